The Kier molecular flexibility index (Phi) is 9.83. The second kappa shape index (κ2) is 10.2. The number of ether oxygens (including phenoxy) is 2. The van der Waals surface area contributed by atoms with Gasteiger partial charge in [-0.3, -0.25) is 10.1 Å². The number of rotatable bonds is 12. The van der Waals surface area contributed by atoms with E-state index in [9.17, 15) is 9.90 Å². The third-order valence-corrected chi connectivity index (χ3v) is 2.93. The molecule has 19 heavy (non-hydrogen) atoms. The van der Waals surface area contributed by atoms with Gasteiger partial charge in [0.2, 0.25) is 0 Å². The summed E-state index contributed by atoms with van der Waals surface area (Å²) in [6.07, 6.45) is 3.24. The van der Waals surface area contributed by atoms with Crippen LogP contribution in [0.15, 0.2) is 0 Å². The number of methoxy groups -OCH3 is 1. The van der Waals surface area contributed by atoms with Gasteiger partial charge in [0.25, 0.3) is 0 Å². The van der Waals surface area contributed by atoms with E-state index in [1.165, 1.54) is 0 Å². The number of nitrogens with one attached hydrogen (secondary N) is 1. The zero-order chi connectivity index (χ0) is 14.7. The van der Waals surface area contributed by atoms with Gasteiger partial charge in [-0.25, -0.2) is 0 Å². The highest BCUT2D eigenvalue weighted by atomic mass is 16.5. The molecule has 5 nitrogen and oxygen atoms in total. The molecule has 0 aliphatic rings. The minimum Gasteiger partial charge on any atom is -0.480 e. The van der Waals surface area contributed by atoms with E-state index >= 15 is 0 Å². The van der Waals surface area contributed by atoms with E-state index < -0.39 is 11.5 Å². The molecule has 0 bridgehead atoms. The summed E-state index contributed by atoms with van der Waals surface area (Å²) in [5.41, 5.74) is -0.843. The van der Waals surface area contributed by atoms with E-state index in [0.29, 0.717) is 19.6 Å². The number of unbranched alkanes of at least 4 members (excludes halogenated alkanes) is 1. The molecule has 0 saturated carbocycles. The lowest BCUT2D eigenvalue weighted by molar-refractivity contribution is -0.144. The van der Waals surface area contributed by atoms with Crippen LogP contribution in [-0.4, -0.2) is 49.6 Å². The molecular formula is C14H29NO4. The molecule has 0 aliphatic carbocycles. The molecule has 114 valence electrons. The van der Waals surface area contributed by atoms with Crippen molar-refractivity contribution in [2.24, 2.45) is 0 Å². The molecule has 0 fully saturated rings. The van der Waals surface area contributed by atoms with Gasteiger partial charge in [-0.1, -0.05) is 0 Å². The van der Waals surface area contributed by atoms with Crippen molar-refractivity contribution < 1.29 is 19.4 Å². The Labute approximate surface area is 116 Å². The van der Waals surface area contributed by atoms with Crippen LogP contribution in [0.4, 0.5) is 0 Å². The molecule has 0 heterocycles. The lowest BCUT2D eigenvalue weighted by Gasteiger charge is -2.28. The Balaban J connectivity index is 3.74. The fourth-order valence-corrected chi connectivity index (χ4v) is 1.97. The third kappa shape index (κ3) is 8.97. The summed E-state index contributed by atoms with van der Waals surface area (Å²) in [5, 5.41) is 12.4. The average molecular weight is 275 g/mol. The normalized spacial score (nSPS) is 14.6. The Morgan fingerprint density at radius 3 is 2.37 bits per heavy atom. The maximum Gasteiger partial charge on any atom is 0.323 e. The van der Waals surface area contributed by atoms with Gasteiger partial charge in [0.05, 0.1) is 0 Å². The van der Waals surface area contributed by atoms with Crippen LogP contribution in [0.2, 0.25) is 0 Å². The number of carboxylic acid groups (broad SMARTS) is 1. The Hall–Kier alpha value is -0.650. The van der Waals surface area contributed by atoms with E-state index in [2.05, 4.69) is 5.32 Å². The SMILES string of the molecule is COCCCOCCCCC(C)(NC(C)C)C(=O)O. The first-order valence-electron chi connectivity index (χ1n) is 7.00. The summed E-state index contributed by atoms with van der Waals surface area (Å²) < 4.78 is 10.4. The first-order valence-corrected chi connectivity index (χ1v) is 7.00. The molecule has 0 aromatic rings. The van der Waals surface area contributed by atoms with Gasteiger partial charge in [-0.15, -0.1) is 0 Å². The van der Waals surface area contributed by atoms with Crippen LogP contribution in [0.5, 0.6) is 0 Å². The van der Waals surface area contributed by atoms with E-state index in [-0.39, 0.29) is 6.04 Å². The lowest BCUT2D eigenvalue weighted by atomic mass is 9.94. The molecule has 0 rings (SSSR count). The predicted octanol–water partition coefficient (Wildman–Crippen LogP) is 2.05. The van der Waals surface area contributed by atoms with Crippen molar-refractivity contribution in [2.75, 3.05) is 26.9 Å². The van der Waals surface area contributed by atoms with E-state index in [1.54, 1.807) is 14.0 Å². The Morgan fingerprint density at radius 2 is 1.84 bits per heavy atom. The second-order valence-electron chi connectivity index (χ2n) is 5.35. The highest BCUT2D eigenvalue weighted by Crippen LogP contribution is 2.15. The molecule has 2 N–H and O–H groups in total. The minimum atomic E-state index is -0.843. The van der Waals surface area contributed by atoms with Crippen molar-refractivity contribution in [1.82, 2.24) is 5.32 Å². The van der Waals surface area contributed by atoms with Gasteiger partial charge in [-0.05, 0) is 46.5 Å². The highest BCUT2D eigenvalue weighted by Gasteiger charge is 2.32. The standard InChI is InChI=1S/C14H29NO4/c1-12(2)15-14(3,13(16)17)8-5-6-10-19-11-7-9-18-4/h12,15H,5-11H2,1-4H3,(H,16,17). The zero-order valence-electron chi connectivity index (χ0n) is 12.7. The van der Waals surface area contributed by atoms with E-state index in [1.807, 2.05) is 13.8 Å². The van der Waals surface area contributed by atoms with E-state index in [4.69, 9.17) is 9.47 Å². The van der Waals surface area contributed by atoms with Crippen LogP contribution in [0, 0.1) is 0 Å². The summed E-state index contributed by atoms with van der Waals surface area (Å²) >= 11 is 0. The second-order valence-corrected chi connectivity index (χ2v) is 5.35. The van der Waals surface area contributed by atoms with Gasteiger partial charge in [0.15, 0.2) is 0 Å². The Bertz CT molecular complexity index is 246. The molecule has 0 radical (unpaired) electrons. The number of carbonyl (C=O) groups is 1. The van der Waals surface area contributed by atoms with E-state index in [0.717, 1.165) is 25.9 Å². The quantitative estimate of drug-likeness (QED) is 0.534. The van der Waals surface area contributed by atoms with Gasteiger partial charge in [-0.2, -0.15) is 0 Å². The van der Waals surface area contributed by atoms with Crippen LogP contribution in [0.1, 0.15) is 46.5 Å². The minimum absolute atomic E-state index is 0.159. The molecule has 1 unspecified atom stereocenters. The number of hydrogen-bond donors (Lipinski definition) is 2. The summed E-state index contributed by atoms with van der Waals surface area (Å²) in [5.74, 6) is -0.790. The fraction of sp³-hybridized carbons (Fsp3) is 0.929. The molecular weight excluding hydrogens is 246 g/mol. The van der Waals surface area contributed by atoms with Gasteiger partial charge < -0.3 is 14.6 Å². The molecule has 5 heteroatoms. The molecule has 0 aliphatic heterocycles. The topological polar surface area (TPSA) is 67.8 Å². The Morgan fingerprint density at radius 1 is 1.21 bits per heavy atom. The van der Waals surface area contributed by atoms with Crippen LogP contribution in [0.25, 0.3) is 0 Å². The van der Waals surface area contributed by atoms with Crippen LogP contribution >= 0.6 is 0 Å². The molecule has 0 aromatic carbocycles. The zero-order valence-corrected chi connectivity index (χ0v) is 12.7. The van der Waals surface area contributed by atoms with Crippen LogP contribution < -0.4 is 5.32 Å². The fourth-order valence-electron chi connectivity index (χ4n) is 1.97. The maximum atomic E-state index is 11.3. The monoisotopic (exact) mass is 275 g/mol. The molecule has 0 spiro atoms. The van der Waals surface area contributed by atoms with Crippen molar-refractivity contribution >= 4 is 5.97 Å². The summed E-state index contributed by atoms with van der Waals surface area (Å²) in [7, 11) is 1.68. The highest BCUT2D eigenvalue weighted by molar-refractivity contribution is 5.78. The maximum absolute atomic E-state index is 11.3. The van der Waals surface area contributed by atoms with Crippen molar-refractivity contribution in [1.29, 1.82) is 0 Å². The smallest absolute Gasteiger partial charge is 0.323 e. The van der Waals surface area contributed by atoms with Crippen molar-refractivity contribution in [2.45, 2.75) is 58.0 Å². The van der Waals surface area contributed by atoms with Crippen molar-refractivity contribution in [3.63, 3.8) is 0 Å². The first-order chi connectivity index (χ1) is 8.92. The number of hydrogen-bond acceptors (Lipinski definition) is 4. The van der Waals surface area contributed by atoms with Crippen LogP contribution in [0.3, 0.4) is 0 Å². The van der Waals surface area contributed by atoms with Gasteiger partial charge in [0, 0.05) is 33.0 Å². The lowest BCUT2D eigenvalue weighted by Crippen LogP contribution is -2.52. The average Bonchev–Trinajstić information content (AvgIpc) is 2.31. The summed E-state index contributed by atoms with van der Waals surface area (Å²) in [6, 6.07) is 0.159. The third-order valence-electron chi connectivity index (χ3n) is 2.93. The largest absolute Gasteiger partial charge is 0.480 e. The molecule has 0 aromatic heterocycles. The number of carboxylic acids is 1. The molecule has 0 amide bonds. The van der Waals surface area contributed by atoms with Crippen molar-refractivity contribution in [3.8, 4) is 0 Å². The first kappa shape index (κ1) is 18.4. The van der Waals surface area contributed by atoms with Gasteiger partial charge in [0.1, 0.15) is 5.54 Å². The predicted molar refractivity (Wildman–Crippen MR) is 75.5 cm³/mol. The van der Waals surface area contributed by atoms with Crippen LogP contribution in [-0.2, 0) is 14.3 Å². The summed E-state index contributed by atoms with van der Waals surface area (Å²) in [4.78, 5) is 11.3. The van der Waals surface area contributed by atoms with Crippen molar-refractivity contribution in [3.05, 3.63) is 0 Å². The molecule has 0 saturated heterocycles. The summed E-state index contributed by atoms with van der Waals surface area (Å²) in [6.45, 7) is 7.76. The van der Waals surface area contributed by atoms with Gasteiger partial charge >= 0.3 is 5.97 Å². The molecule has 1 atom stereocenters. The number of aliphatic carboxylic acids is 1.